The molecule has 0 rings (SSSR count). The molecule has 0 N–H and O–H groups in total. The molecule has 20 valence electrons. The van der Waals surface area contributed by atoms with E-state index in [9.17, 15) is 0 Å². The fraction of sp³-hybridized carbons (Fsp3) is 0. The van der Waals surface area contributed by atoms with Crippen LogP contribution in [-0.4, -0.2) is 57.8 Å². The second-order valence-corrected chi connectivity index (χ2v) is 0. The van der Waals surface area contributed by atoms with Gasteiger partial charge in [0.25, 0.3) is 0 Å². The van der Waals surface area contributed by atoms with Gasteiger partial charge in [0.2, 0.25) is 0 Å². The Hall–Kier alpha value is 2.55. The quantitative estimate of drug-likeness (QED) is 0.321. The zero-order valence-electron chi connectivity index (χ0n) is 3.21. The fourth-order valence-electron chi connectivity index (χ4n) is 0. The van der Waals surface area contributed by atoms with E-state index in [2.05, 4.69) is 0 Å². The predicted molar refractivity (Wildman–Crippen MR) is 27.9 cm³/mol. The van der Waals surface area contributed by atoms with Crippen molar-refractivity contribution in [1.82, 2.24) is 0 Å². The van der Waals surface area contributed by atoms with E-state index in [1.165, 1.54) is 0 Å². The summed E-state index contributed by atoms with van der Waals surface area (Å²) in [5, 5.41) is 0. The maximum atomic E-state index is 0. The molecule has 0 radical (unpaired) electrons. The smallest absolute Gasteiger partial charge is 1.00 e. The van der Waals surface area contributed by atoms with Crippen LogP contribution in [0.3, 0.4) is 0 Å². The molecule has 0 saturated heterocycles. The maximum Gasteiger partial charge on any atom is 2.00 e. The molecular formula is H8Al2MgTi. The van der Waals surface area contributed by atoms with Crippen molar-refractivity contribution in [2.75, 3.05) is 0 Å². The van der Waals surface area contributed by atoms with Gasteiger partial charge in [0.1, 0.15) is 0 Å². The van der Waals surface area contributed by atoms with Crippen molar-refractivity contribution >= 4 is 57.8 Å². The Kier molecular flexibility index (Phi) is 137. The van der Waals surface area contributed by atoms with Crippen LogP contribution in [0.25, 0.3) is 0 Å². The normalized spacial score (nSPS) is 0. The van der Waals surface area contributed by atoms with Crippen LogP contribution in [0.5, 0.6) is 0 Å². The van der Waals surface area contributed by atoms with Gasteiger partial charge in [-0.15, -0.1) is 0 Å². The molecule has 4 heavy (non-hydrogen) atoms. The SMILES string of the molecule is [AlH3].[AlH3].[H-].[H-].[Mg+2].[Ti]. The van der Waals surface area contributed by atoms with E-state index in [1.54, 1.807) is 0 Å². The summed E-state index contributed by atoms with van der Waals surface area (Å²) in [4.78, 5) is 0. The van der Waals surface area contributed by atoms with Gasteiger partial charge in [-0.05, 0) is 0 Å². The molecule has 0 aromatic heterocycles. The largest absolute Gasteiger partial charge is 2.00 e. The third-order valence-electron chi connectivity index (χ3n) is 0. The fourth-order valence-corrected chi connectivity index (χ4v) is 0. The van der Waals surface area contributed by atoms with E-state index in [1.807, 2.05) is 0 Å². The number of rotatable bonds is 0. The van der Waals surface area contributed by atoms with Gasteiger partial charge in [-0.3, -0.25) is 0 Å². The minimum absolute atomic E-state index is 0. The van der Waals surface area contributed by atoms with Crippen LogP contribution in [0.1, 0.15) is 2.85 Å². The summed E-state index contributed by atoms with van der Waals surface area (Å²) in [6.45, 7) is 0. The summed E-state index contributed by atoms with van der Waals surface area (Å²) < 4.78 is 0. The van der Waals surface area contributed by atoms with Crippen molar-refractivity contribution in [3.8, 4) is 0 Å². The Balaban J connectivity index is 0. The zero-order chi connectivity index (χ0) is 0. The molecular weight excluding hydrogens is 126 g/mol. The average molecular weight is 134 g/mol. The molecule has 0 bridgehead atoms. The van der Waals surface area contributed by atoms with Crippen molar-refractivity contribution in [1.29, 1.82) is 0 Å². The number of hydrogen-bond donors (Lipinski definition) is 0. The Morgan fingerprint density at radius 1 is 1.00 bits per heavy atom. The van der Waals surface area contributed by atoms with E-state index >= 15 is 0 Å². The number of hydrogen-bond acceptors (Lipinski definition) is 0. The average Bonchev–Trinajstić information content (AvgIpc) is 0. The second-order valence-electron chi connectivity index (χ2n) is 0. The van der Waals surface area contributed by atoms with E-state index in [0.717, 1.165) is 0 Å². The molecule has 0 nitrogen and oxygen atoms in total. The summed E-state index contributed by atoms with van der Waals surface area (Å²) in [6, 6.07) is 0. The molecule has 0 unspecified atom stereocenters. The minimum Gasteiger partial charge on any atom is -1.00 e. The van der Waals surface area contributed by atoms with Crippen LogP contribution in [-0.2, 0) is 21.7 Å². The van der Waals surface area contributed by atoms with Gasteiger partial charge in [0.15, 0.2) is 34.7 Å². The molecule has 0 saturated carbocycles. The molecule has 0 atom stereocenters. The minimum atomic E-state index is 0. The molecule has 0 aromatic rings. The predicted octanol–water partition coefficient (Wildman–Crippen LogP) is -2.53. The first-order valence-corrected chi connectivity index (χ1v) is 0. The summed E-state index contributed by atoms with van der Waals surface area (Å²) in [7, 11) is 0. The van der Waals surface area contributed by atoms with Crippen LogP contribution < -0.4 is 0 Å². The first-order chi connectivity index (χ1) is 0. The van der Waals surface area contributed by atoms with Crippen molar-refractivity contribution in [3.05, 3.63) is 0 Å². The Labute approximate surface area is 81.4 Å². The van der Waals surface area contributed by atoms with E-state index in [-0.39, 0.29) is 82.3 Å². The molecule has 0 spiro atoms. The molecule has 0 heterocycles. The van der Waals surface area contributed by atoms with Crippen LogP contribution in [0.2, 0.25) is 0 Å². The van der Waals surface area contributed by atoms with Gasteiger partial charge in [0.05, 0.1) is 0 Å². The van der Waals surface area contributed by atoms with E-state index in [4.69, 9.17) is 0 Å². The van der Waals surface area contributed by atoms with Crippen LogP contribution in [0.4, 0.5) is 0 Å². The van der Waals surface area contributed by atoms with Gasteiger partial charge in [-0.25, -0.2) is 0 Å². The van der Waals surface area contributed by atoms with Gasteiger partial charge < -0.3 is 2.85 Å². The van der Waals surface area contributed by atoms with E-state index < -0.39 is 0 Å². The first kappa shape index (κ1) is 31.1. The molecule has 0 aliphatic carbocycles. The summed E-state index contributed by atoms with van der Waals surface area (Å²) in [5.41, 5.74) is 0. The van der Waals surface area contributed by atoms with Crippen molar-refractivity contribution in [2.45, 2.75) is 0 Å². The molecule has 0 aromatic carbocycles. The van der Waals surface area contributed by atoms with Gasteiger partial charge >= 0.3 is 23.1 Å². The van der Waals surface area contributed by atoms with Crippen molar-refractivity contribution < 1.29 is 24.6 Å². The first-order valence-electron chi connectivity index (χ1n) is 0. The van der Waals surface area contributed by atoms with E-state index in [0.29, 0.717) is 0 Å². The topological polar surface area (TPSA) is 0 Å². The standard InChI is InChI=1S/2Al.Mg.Ti.8H/q;;+2;;;;;;;;2*-1. The van der Waals surface area contributed by atoms with Gasteiger partial charge in [-0.1, -0.05) is 0 Å². The third-order valence-corrected chi connectivity index (χ3v) is 0. The molecule has 0 amide bonds. The zero-order valence-corrected chi connectivity index (χ0v) is 4.18. The van der Waals surface area contributed by atoms with Crippen LogP contribution >= 0.6 is 0 Å². The van der Waals surface area contributed by atoms with Crippen LogP contribution in [0.15, 0.2) is 0 Å². The van der Waals surface area contributed by atoms with Crippen LogP contribution in [0, 0.1) is 0 Å². The molecule has 0 aliphatic heterocycles. The molecule has 4 heteroatoms. The monoisotopic (exact) mass is 134 g/mol. The van der Waals surface area contributed by atoms with Crippen molar-refractivity contribution in [3.63, 3.8) is 0 Å². The maximum absolute atomic E-state index is 0. The Morgan fingerprint density at radius 3 is 1.00 bits per heavy atom. The summed E-state index contributed by atoms with van der Waals surface area (Å²) in [6.07, 6.45) is 0. The van der Waals surface area contributed by atoms with Gasteiger partial charge in [0, 0.05) is 21.7 Å². The Bertz CT molecular complexity index is 11.5. The van der Waals surface area contributed by atoms with Gasteiger partial charge in [-0.2, -0.15) is 0 Å². The van der Waals surface area contributed by atoms with Crippen molar-refractivity contribution in [2.24, 2.45) is 0 Å². The molecule has 0 fully saturated rings. The summed E-state index contributed by atoms with van der Waals surface area (Å²) in [5.74, 6) is 0. The Morgan fingerprint density at radius 2 is 1.00 bits per heavy atom. The second kappa shape index (κ2) is 17.7. The molecule has 0 aliphatic rings. The third kappa shape index (κ3) is 8.82. The summed E-state index contributed by atoms with van der Waals surface area (Å²) >= 11 is 0.